The zero-order valence-electron chi connectivity index (χ0n) is 9.52. The van der Waals surface area contributed by atoms with Crippen molar-refractivity contribution < 1.29 is 4.79 Å². The van der Waals surface area contributed by atoms with Crippen LogP contribution in [0.25, 0.3) is 0 Å². The number of hydrogen-bond donors (Lipinski definition) is 2. The summed E-state index contributed by atoms with van der Waals surface area (Å²) in [5, 5.41) is 12.8. The molecule has 0 aliphatic carbocycles. The largest absolute Gasteiger partial charge is 0.350 e. The van der Waals surface area contributed by atoms with Gasteiger partial charge in [0.25, 0.3) is 0 Å². The maximum atomic E-state index is 11.7. The highest BCUT2D eigenvalue weighted by Gasteiger charge is 2.05. The van der Waals surface area contributed by atoms with E-state index in [1.54, 1.807) is 22.2 Å². The molecule has 2 aromatic rings. The molecule has 2 rings (SSSR count). The molecule has 0 fully saturated rings. The molecule has 1 heterocycles. The Labute approximate surface area is 113 Å². The summed E-state index contributed by atoms with van der Waals surface area (Å²) >= 11 is 7.28. The van der Waals surface area contributed by atoms with Gasteiger partial charge in [-0.15, -0.1) is 11.3 Å². The van der Waals surface area contributed by atoms with Gasteiger partial charge in [-0.2, -0.15) is 0 Å². The molecule has 18 heavy (non-hydrogen) atoms. The van der Waals surface area contributed by atoms with E-state index in [2.05, 4.69) is 5.32 Å². The van der Waals surface area contributed by atoms with Gasteiger partial charge in [0.05, 0.1) is 0 Å². The van der Waals surface area contributed by atoms with E-state index < -0.39 is 0 Å². The Hall–Kier alpha value is -1.59. The number of amides is 1. The summed E-state index contributed by atoms with van der Waals surface area (Å²) in [6.45, 7) is 0.559. The summed E-state index contributed by atoms with van der Waals surface area (Å²) < 4.78 is 1.59. The van der Waals surface area contributed by atoms with E-state index in [0.717, 1.165) is 5.56 Å². The molecule has 0 aliphatic heterocycles. The predicted molar refractivity (Wildman–Crippen MR) is 71.5 cm³/mol. The maximum Gasteiger partial charge on any atom is 0.240 e. The third-order valence-corrected chi connectivity index (χ3v) is 3.51. The summed E-state index contributed by atoms with van der Waals surface area (Å²) in [7, 11) is 0. The smallest absolute Gasteiger partial charge is 0.240 e. The first-order valence-corrected chi connectivity index (χ1v) is 6.61. The first-order valence-electron chi connectivity index (χ1n) is 5.35. The normalized spacial score (nSPS) is 10.3. The van der Waals surface area contributed by atoms with Crippen LogP contribution in [0.4, 0.5) is 0 Å². The lowest BCUT2D eigenvalue weighted by molar-refractivity contribution is -0.121. The fraction of sp³-hybridized carbons (Fsp3) is 0.167. The van der Waals surface area contributed by atoms with Crippen molar-refractivity contribution in [3.05, 3.63) is 51.2 Å². The summed E-state index contributed by atoms with van der Waals surface area (Å²) in [5.41, 5.74) is 0.883. The third-order valence-electron chi connectivity index (χ3n) is 2.43. The van der Waals surface area contributed by atoms with Crippen LogP contribution in [0.1, 0.15) is 5.56 Å². The van der Waals surface area contributed by atoms with Crippen molar-refractivity contribution in [3.63, 3.8) is 0 Å². The highest BCUT2D eigenvalue weighted by atomic mass is 35.5. The second-order valence-electron chi connectivity index (χ2n) is 3.70. The number of nitrogens with one attached hydrogen (secondary N) is 2. The lowest BCUT2D eigenvalue weighted by Gasteiger charge is -2.07. The van der Waals surface area contributed by atoms with Crippen LogP contribution in [-0.2, 0) is 17.9 Å². The first kappa shape index (κ1) is 12.9. The highest BCUT2D eigenvalue weighted by Crippen LogP contribution is 2.14. The van der Waals surface area contributed by atoms with Crippen LogP contribution in [0.15, 0.2) is 35.8 Å². The minimum absolute atomic E-state index is 0.133. The predicted octanol–water partition coefficient (Wildman–Crippen LogP) is 2.00. The Balaban J connectivity index is 1.92. The van der Waals surface area contributed by atoms with E-state index >= 15 is 0 Å². The molecule has 0 bridgehead atoms. The molecule has 94 valence electrons. The number of aromatic nitrogens is 1. The van der Waals surface area contributed by atoms with Gasteiger partial charge in [-0.1, -0.05) is 29.8 Å². The quantitative estimate of drug-likeness (QED) is 0.885. The van der Waals surface area contributed by atoms with Crippen molar-refractivity contribution in [3.8, 4) is 0 Å². The van der Waals surface area contributed by atoms with Gasteiger partial charge in [-0.3, -0.25) is 10.2 Å². The summed E-state index contributed by atoms with van der Waals surface area (Å²) in [6, 6.07) is 7.39. The molecule has 0 unspecified atom stereocenters. The van der Waals surface area contributed by atoms with Crippen LogP contribution < -0.4 is 10.1 Å². The Morgan fingerprint density at radius 1 is 1.44 bits per heavy atom. The van der Waals surface area contributed by atoms with Crippen molar-refractivity contribution in [1.29, 1.82) is 5.41 Å². The van der Waals surface area contributed by atoms with Crippen LogP contribution in [0.5, 0.6) is 0 Å². The van der Waals surface area contributed by atoms with Crippen molar-refractivity contribution in [2.75, 3.05) is 0 Å². The first-order chi connectivity index (χ1) is 8.66. The molecule has 0 atom stereocenters. The number of thiazole rings is 1. The topological polar surface area (TPSA) is 57.9 Å². The Kier molecular flexibility index (Phi) is 4.17. The van der Waals surface area contributed by atoms with E-state index in [-0.39, 0.29) is 12.5 Å². The van der Waals surface area contributed by atoms with E-state index in [0.29, 0.717) is 16.4 Å². The van der Waals surface area contributed by atoms with Gasteiger partial charge in [0.1, 0.15) is 6.54 Å². The van der Waals surface area contributed by atoms with E-state index in [4.69, 9.17) is 17.0 Å². The van der Waals surface area contributed by atoms with Crippen LogP contribution >= 0.6 is 22.9 Å². The minimum atomic E-state index is -0.133. The molecule has 2 N–H and O–H groups in total. The average molecular weight is 282 g/mol. The Morgan fingerprint density at radius 2 is 2.22 bits per heavy atom. The molecule has 0 radical (unpaired) electrons. The molecular formula is C12H12ClN3OS. The van der Waals surface area contributed by atoms with E-state index in [9.17, 15) is 4.79 Å². The molecule has 0 spiro atoms. The van der Waals surface area contributed by atoms with Gasteiger partial charge in [0.15, 0.2) is 4.80 Å². The number of halogens is 1. The van der Waals surface area contributed by atoms with Gasteiger partial charge < -0.3 is 9.88 Å². The van der Waals surface area contributed by atoms with E-state index in [1.165, 1.54) is 11.3 Å². The SMILES string of the molecule is N=c1sccn1CC(=O)NCc1ccccc1Cl. The summed E-state index contributed by atoms with van der Waals surface area (Å²) in [4.78, 5) is 12.1. The van der Waals surface area contributed by atoms with Gasteiger partial charge in [-0.05, 0) is 11.6 Å². The Bertz CT molecular complexity index is 605. The number of carbonyl (C=O) groups excluding carboxylic acids is 1. The second kappa shape index (κ2) is 5.84. The van der Waals surface area contributed by atoms with Crippen molar-refractivity contribution in [1.82, 2.24) is 9.88 Å². The van der Waals surface area contributed by atoms with Crippen LogP contribution in [0.2, 0.25) is 5.02 Å². The number of nitrogens with zero attached hydrogens (tertiary/aromatic N) is 1. The molecule has 0 saturated carbocycles. The number of hydrogen-bond acceptors (Lipinski definition) is 3. The highest BCUT2D eigenvalue weighted by molar-refractivity contribution is 7.06. The van der Waals surface area contributed by atoms with E-state index in [1.807, 2.05) is 18.2 Å². The zero-order chi connectivity index (χ0) is 13.0. The fourth-order valence-corrected chi connectivity index (χ4v) is 2.27. The Morgan fingerprint density at radius 3 is 2.89 bits per heavy atom. The van der Waals surface area contributed by atoms with Gasteiger partial charge in [0.2, 0.25) is 5.91 Å². The van der Waals surface area contributed by atoms with Crippen molar-refractivity contribution in [2.24, 2.45) is 0 Å². The third kappa shape index (κ3) is 3.21. The van der Waals surface area contributed by atoms with Gasteiger partial charge in [0, 0.05) is 23.1 Å². The fourth-order valence-electron chi connectivity index (χ4n) is 1.47. The molecule has 1 amide bonds. The van der Waals surface area contributed by atoms with Crippen LogP contribution in [0.3, 0.4) is 0 Å². The molecule has 1 aromatic heterocycles. The number of benzene rings is 1. The molecule has 0 aliphatic rings. The molecule has 6 heteroatoms. The van der Waals surface area contributed by atoms with Crippen LogP contribution in [-0.4, -0.2) is 10.5 Å². The second-order valence-corrected chi connectivity index (χ2v) is 5.01. The van der Waals surface area contributed by atoms with Crippen molar-refractivity contribution >= 4 is 28.8 Å². The maximum absolute atomic E-state index is 11.7. The van der Waals surface area contributed by atoms with Gasteiger partial charge in [-0.25, -0.2) is 0 Å². The average Bonchev–Trinajstić information content (AvgIpc) is 2.74. The number of rotatable bonds is 4. The molecule has 4 nitrogen and oxygen atoms in total. The van der Waals surface area contributed by atoms with Crippen LogP contribution in [0, 0.1) is 5.41 Å². The van der Waals surface area contributed by atoms with Crippen molar-refractivity contribution in [2.45, 2.75) is 13.1 Å². The standard InChI is InChI=1S/C12H12ClN3OS/c13-10-4-2-1-3-9(10)7-15-11(17)8-16-5-6-18-12(16)14/h1-6,14H,7-8H2,(H,15,17). The summed E-state index contributed by atoms with van der Waals surface area (Å²) in [6.07, 6.45) is 1.72. The lowest BCUT2D eigenvalue weighted by atomic mass is 10.2. The molecular weight excluding hydrogens is 270 g/mol. The zero-order valence-corrected chi connectivity index (χ0v) is 11.1. The molecule has 0 saturated heterocycles. The number of carbonyl (C=O) groups is 1. The lowest BCUT2D eigenvalue weighted by Crippen LogP contribution is -2.29. The molecule has 1 aromatic carbocycles. The minimum Gasteiger partial charge on any atom is -0.350 e. The monoisotopic (exact) mass is 281 g/mol. The summed E-state index contributed by atoms with van der Waals surface area (Å²) in [5.74, 6) is -0.133. The van der Waals surface area contributed by atoms with Gasteiger partial charge >= 0.3 is 0 Å².